The molecule has 0 bridgehead atoms. The monoisotopic (exact) mass is 330 g/mol. The van der Waals surface area contributed by atoms with Crippen molar-refractivity contribution in [3.05, 3.63) is 57.8 Å². The molecule has 0 aliphatic heterocycles. The Morgan fingerprint density at radius 2 is 2.05 bits per heavy atom. The van der Waals surface area contributed by atoms with Crippen LogP contribution >= 0.6 is 23.6 Å². The van der Waals surface area contributed by atoms with Gasteiger partial charge in [0.25, 0.3) is 0 Å². The van der Waals surface area contributed by atoms with Crippen molar-refractivity contribution in [1.29, 1.82) is 0 Å². The summed E-state index contributed by atoms with van der Waals surface area (Å²) in [7, 11) is 0. The van der Waals surface area contributed by atoms with Gasteiger partial charge in [0.05, 0.1) is 6.04 Å². The second kappa shape index (κ2) is 7.25. The van der Waals surface area contributed by atoms with Crippen molar-refractivity contribution >= 4 is 28.7 Å². The zero-order valence-electron chi connectivity index (χ0n) is 12.8. The normalized spacial score (nSPS) is 15.3. The van der Waals surface area contributed by atoms with Crippen molar-refractivity contribution in [2.45, 2.75) is 44.7 Å². The van der Waals surface area contributed by atoms with Gasteiger partial charge in [-0.15, -0.1) is 11.3 Å². The van der Waals surface area contributed by atoms with Crippen LogP contribution in [0.4, 0.5) is 0 Å². The zero-order valence-corrected chi connectivity index (χ0v) is 14.5. The zero-order chi connectivity index (χ0) is 15.4. The minimum absolute atomic E-state index is 0.134. The van der Waals surface area contributed by atoms with Crippen LogP contribution in [0, 0.1) is 0 Å². The minimum Gasteiger partial charge on any atom is -0.360 e. The van der Waals surface area contributed by atoms with Crippen LogP contribution in [0.15, 0.2) is 41.8 Å². The Kier molecular flexibility index (Phi) is 5.11. The number of nitrogens with one attached hydrogen (secondary N) is 2. The average Bonchev–Trinajstić information content (AvgIpc) is 3.16. The van der Waals surface area contributed by atoms with E-state index in [0.29, 0.717) is 6.04 Å². The molecule has 1 heterocycles. The number of thiophene rings is 1. The van der Waals surface area contributed by atoms with Gasteiger partial charge in [0, 0.05) is 10.9 Å². The second-order valence-corrected chi connectivity index (χ2v) is 7.22. The number of rotatable bonds is 6. The molecule has 116 valence electrons. The van der Waals surface area contributed by atoms with Gasteiger partial charge in [-0.25, -0.2) is 0 Å². The molecular formula is C18H22N2S2. The minimum atomic E-state index is 0.134. The molecule has 1 aliphatic rings. The molecule has 0 saturated heterocycles. The largest absolute Gasteiger partial charge is 0.360 e. The van der Waals surface area contributed by atoms with Crippen LogP contribution < -0.4 is 10.6 Å². The molecule has 1 aliphatic carbocycles. The number of hydrogen-bond acceptors (Lipinski definition) is 2. The van der Waals surface area contributed by atoms with Crippen molar-refractivity contribution in [3.8, 4) is 0 Å². The summed E-state index contributed by atoms with van der Waals surface area (Å²) in [5.74, 6) is 0. The molecule has 2 aromatic rings. The third-order valence-electron chi connectivity index (χ3n) is 3.87. The predicted octanol–water partition coefficient (Wildman–Crippen LogP) is 4.42. The fourth-order valence-electron chi connectivity index (χ4n) is 2.53. The molecule has 1 aromatic heterocycles. The SMILES string of the molecule is CCCc1ccc([C@@H](NC(=S)NC2CC2)c2cccs2)cc1. The molecule has 0 radical (unpaired) electrons. The van der Waals surface area contributed by atoms with Gasteiger partial charge >= 0.3 is 0 Å². The fourth-order valence-corrected chi connectivity index (χ4v) is 3.61. The van der Waals surface area contributed by atoms with E-state index in [1.54, 1.807) is 11.3 Å². The van der Waals surface area contributed by atoms with Crippen LogP contribution in [0.3, 0.4) is 0 Å². The molecule has 3 rings (SSSR count). The van der Waals surface area contributed by atoms with Crippen LogP contribution in [-0.2, 0) is 6.42 Å². The van der Waals surface area contributed by atoms with Gasteiger partial charge in [-0.2, -0.15) is 0 Å². The van der Waals surface area contributed by atoms with Crippen molar-refractivity contribution in [1.82, 2.24) is 10.6 Å². The number of benzene rings is 1. The topological polar surface area (TPSA) is 24.1 Å². The first-order chi connectivity index (χ1) is 10.8. The van der Waals surface area contributed by atoms with E-state index >= 15 is 0 Å². The fraction of sp³-hybridized carbons (Fsp3) is 0.389. The van der Waals surface area contributed by atoms with Gasteiger partial charge < -0.3 is 10.6 Å². The molecule has 1 aromatic carbocycles. The first-order valence-electron chi connectivity index (χ1n) is 7.95. The highest BCUT2D eigenvalue weighted by molar-refractivity contribution is 7.80. The van der Waals surface area contributed by atoms with Gasteiger partial charge in [0.15, 0.2) is 5.11 Å². The Labute approximate surface area is 142 Å². The van der Waals surface area contributed by atoms with E-state index in [-0.39, 0.29) is 6.04 Å². The summed E-state index contributed by atoms with van der Waals surface area (Å²) in [6.45, 7) is 2.21. The molecule has 0 unspecified atom stereocenters. The summed E-state index contributed by atoms with van der Waals surface area (Å²) >= 11 is 7.24. The van der Waals surface area contributed by atoms with Gasteiger partial charge in [-0.3, -0.25) is 0 Å². The Bertz CT molecular complexity index is 601. The lowest BCUT2D eigenvalue weighted by molar-refractivity contribution is 0.745. The lowest BCUT2D eigenvalue weighted by atomic mass is 10.0. The maximum Gasteiger partial charge on any atom is 0.167 e. The van der Waals surface area contributed by atoms with Crippen LogP contribution in [-0.4, -0.2) is 11.2 Å². The van der Waals surface area contributed by atoms with Crippen molar-refractivity contribution in [3.63, 3.8) is 0 Å². The predicted molar refractivity (Wildman–Crippen MR) is 98.5 cm³/mol. The highest BCUT2D eigenvalue weighted by atomic mass is 32.1. The van der Waals surface area contributed by atoms with Gasteiger partial charge in [-0.05, 0) is 54.1 Å². The van der Waals surface area contributed by atoms with E-state index in [1.807, 2.05) is 0 Å². The summed E-state index contributed by atoms with van der Waals surface area (Å²) in [5.41, 5.74) is 2.66. The third kappa shape index (κ3) is 4.08. The molecule has 1 fully saturated rings. The Morgan fingerprint density at radius 3 is 2.64 bits per heavy atom. The highest BCUT2D eigenvalue weighted by Gasteiger charge is 2.23. The van der Waals surface area contributed by atoms with E-state index in [2.05, 4.69) is 59.3 Å². The summed E-state index contributed by atoms with van der Waals surface area (Å²) in [4.78, 5) is 1.29. The van der Waals surface area contributed by atoms with Crippen molar-refractivity contribution < 1.29 is 0 Å². The van der Waals surface area contributed by atoms with Crippen LogP contribution in [0.25, 0.3) is 0 Å². The van der Waals surface area contributed by atoms with E-state index in [4.69, 9.17) is 12.2 Å². The molecule has 1 atom stereocenters. The van der Waals surface area contributed by atoms with Gasteiger partial charge in [0.2, 0.25) is 0 Å². The van der Waals surface area contributed by atoms with Crippen LogP contribution in [0.5, 0.6) is 0 Å². The van der Waals surface area contributed by atoms with Gasteiger partial charge in [0.1, 0.15) is 0 Å². The highest BCUT2D eigenvalue weighted by Crippen LogP contribution is 2.27. The maximum absolute atomic E-state index is 5.47. The number of aryl methyl sites for hydroxylation is 1. The van der Waals surface area contributed by atoms with Crippen LogP contribution in [0.2, 0.25) is 0 Å². The Balaban J connectivity index is 1.76. The molecule has 2 N–H and O–H groups in total. The number of hydrogen-bond donors (Lipinski definition) is 2. The van der Waals surface area contributed by atoms with E-state index in [0.717, 1.165) is 11.5 Å². The first kappa shape index (κ1) is 15.5. The van der Waals surface area contributed by atoms with E-state index in [9.17, 15) is 0 Å². The van der Waals surface area contributed by atoms with E-state index in [1.165, 1.54) is 35.3 Å². The Morgan fingerprint density at radius 1 is 1.27 bits per heavy atom. The lowest BCUT2D eigenvalue weighted by Gasteiger charge is -2.20. The maximum atomic E-state index is 5.47. The summed E-state index contributed by atoms with van der Waals surface area (Å²) in [5, 5.41) is 9.74. The Hall–Kier alpha value is -1.39. The summed E-state index contributed by atoms with van der Waals surface area (Å²) in [6, 6.07) is 13.9. The molecule has 22 heavy (non-hydrogen) atoms. The van der Waals surface area contributed by atoms with E-state index < -0.39 is 0 Å². The summed E-state index contributed by atoms with van der Waals surface area (Å²) in [6.07, 6.45) is 4.79. The average molecular weight is 331 g/mol. The van der Waals surface area contributed by atoms with Gasteiger partial charge in [-0.1, -0.05) is 43.7 Å². The molecular weight excluding hydrogens is 308 g/mol. The van der Waals surface area contributed by atoms with Crippen molar-refractivity contribution in [2.75, 3.05) is 0 Å². The van der Waals surface area contributed by atoms with Crippen LogP contribution in [0.1, 0.15) is 48.2 Å². The standard InChI is InChI=1S/C18H22N2S2/c1-2-4-13-6-8-14(9-7-13)17(16-5-3-12-22-16)20-18(21)19-15-10-11-15/h3,5-9,12,15,17H,2,4,10-11H2,1H3,(H2,19,20,21)/t17-/m1/s1. The molecule has 2 nitrogen and oxygen atoms in total. The quantitative estimate of drug-likeness (QED) is 0.767. The molecule has 0 spiro atoms. The van der Waals surface area contributed by atoms with Crippen molar-refractivity contribution in [2.24, 2.45) is 0 Å². The summed E-state index contributed by atoms with van der Waals surface area (Å²) < 4.78 is 0. The number of thiocarbonyl (C=S) groups is 1. The molecule has 1 saturated carbocycles. The lowest BCUT2D eigenvalue weighted by Crippen LogP contribution is -2.39. The second-order valence-electron chi connectivity index (χ2n) is 5.83. The molecule has 4 heteroatoms. The molecule has 0 amide bonds. The first-order valence-corrected chi connectivity index (χ1v) is 9.24. The third-order valence-corrected chi connectivity index (χ3v) is 5.04. The smallest absolute Gasteiger partial charge is 0.167 e.